The Bertz CT molecular complexity index is 1000. The van der Waals surface area contributed by atoms with Crippen LogP contribution in [0.15, 0.2) is 48.8 Å². The maximum Gasteiger partial charge on any atom is 0.276 e. The third-order valence-electron chi connectivity index (χ3n) is 5.18. The number of aromatic nitrogens is 4. The van der Waals surface area contributed by atoms with Gasteiger partial charge in [-0.25, -0.2) is 0 Å². The van der Waals surface area contributed by atoms with Crippen molar-refractivity contribution < 1.29 is 9.59 Å². The first-order valence-electron chi connectivity index (χ1n) is 9.81. The van der Waals surface area contributed by atoms with Crippen LogP contribution in [0.5, 0.6) is 0 Å². The van der Waals surface area contributed by atoms with Crippen LogP contribution in [0.2, 0.25) is 0 Å². The molecule has 3 aromatic rings. The molecule has 0 atom stereocenters. The Labute approximate surface area is 168 Å². The lowest BCUT2D eigenvalue weighted by Gasteiger charge is -2.09. The van der Waals surface area contributed by atoms with Gasteiger partial charge in [-0.3, -0.25) is 19.0 Å². The molecule has 1 aliphatic rings. The molecular formula is C21H24N6O2. The highest BCUT2D eigenvalue weighted by Gasteiger charge is 2.24. The van der Waals surface area contributed by atoms with Crippen LogP contribution in [0.1, 0.15) is 41.7 Å². The van der Waals surface area contributed by atoms with E-state index in [2.05, 4.69) is 20.8 Å². The Kier molecular flexibility index (Phi) is 5.41. The first-order valence-corrected chi connectivity index (χ1v) is 9.81. The standard InChI is InChI=1S/C21H24N6O2/c1-26-19(24-20(28)16-7-2-3-8-16)13-18(25-26)21(29)23-17-9-4-6-15(12-17)14-27-11-5-10-22-27/h4-6,9-13,16H,2-3,7-8,14H2,1H3,(H,23,29)(H,24,28). The van der Waals surface area contributed by atoms with Gasteiger partial charge in [0.05, 0.1) is 6.54 Å². The third kappa shape index (κ3) is 4.53. The van der Waals surface area contributed by atoms with Gasteiger partial charge in [0.25, 0.3) is 5.91 Å². The lowest BCUT2D eigenvalue weighted by Crippen LogP contribution is -2.21. The Balaban J connectivity index is 1.41. The molecule has 0 saturated heterocycles. The predicted molar refractivity (Wildman–Crippen MR) is 110 cm³/mol. The first kappa shape index (κ1) is 18.9. The van der Waals surface area contributed by atoms with Gasteiger partial charge >= 0.3 is 0 Å². The highest BCUT2D eigenvalue weighted by atomic mass is 16.2. The summed E-state index contributed by atoms with van der Waals surface area (Å²) in [5.41, 5.74) is 1.96. The van der Waals surface area contributed by atoms with Gasteiger partial charge in [-0.2, -0.15) is 10.2 Å². The third-order valence-corrected chi connectivity index (χ3v) is 5.18. The van der Waals surface area contributed by atoms with Crippen molar-refractivity contribution in [1.29, 1.82) is 0 Å². The van der Waals surface area contributed by atoms with Crippen LogP contribution in [0, 0.1) is 5.92 Å². The molecule has 0 bridgehead atoms. The van der Waals surface area contributed by atoms with E-state index in [1.165, 1.54) is 4.68 Å². The average Bonchev–Trinajstić information content (AvgIpc) is 3.45. The highest BCUT2D eigenvalue weighted by Crippen LogP contribution is 2.26. The molecule has 1 aromatic carbocycles. The number of carbonyl (C=O) groups excluding carboxylic acids is 2. The summed E-state index contributed by atoms with van der Waals surface area (Å²) < 4.78 is 3.34. The second kappa shape index (κ2) is 8.30. The predicted octanol–water partition coefficient (Wildman–Crippen LogP) is 3.05. The van der Waals surface area contributed by atoms with Crippen molar-refractivity contribution in [1.82, 2.24) is 19.6 Å². The lowest BCUT2D eigenvalue weighted by atomic mass is 10.1. The van der Waals surface area contributed by atoms with Crippen LogP contribution in [0.25, 0.3) is 0 Å². The van der Waals surface area contributed by atoms with Gasteiger partial charge in [0.15, 0.2) is 5.69 Å². The zero-order valence-corrected chi connectivity index (χ0v) is 16.3. The van der Waals surface area contributed by atoms with Gasteiger partial charge in [-0.1, -0.05) is 25.0 Å². The molecule has 29 heavy (non-hydrogen) atoms. The van der Waals surface area contributed by atoms with Gasteiger partial charge in [-0.05, 0) is 36.6 Å². The number of aryl methyl sites for hydroxylation is 1. The molecule has 8 heteroatoms. The number of rotatable bonds is 6. The average molecular weight is 392 g/mol. The zero-order chi connectivity index (χ0) is 20.2. The van der Waals surface area contributed by atoms with E-state index in [9.17, 15) is 9.59 Å². The number of hydrogen-bond donors (Lipinski definition) is 2. The second-order valence-electron chi connectivity index (χ2n) is 7.37. The van der Waals surface area contributed by atoms with Gasteiger partial charge in [0, 0.05) is 37.1 Å². The van der Waals surface area contributed by atoms with Crippen molar-refractivity contribution >= 4 is 23.3 Å². The smallest absolute Gasteiger partial charge is 0.276 e. The summed E-state index contributed by atoms with van der Waals surface area (Å²) in [6.45, 7) is 0.623. The molecule has 2 amide bonds. The van der Waals surface area contributed by atoms with Crippen molar-refractivity contribution in [3.63, 3.8) is 0 Å². The molecule has 0 aliphatic heterocycles. The maximum absolute atomic E-state index is 12.6. The molecule has 8 nitrogen and oxygen atoms in total. The molecule has 2 heterocycles. The zero-order valence-electron chi connectivity index (χ0n) is 16.3. The highest BCUT2D eigenvalue weighted by molar-refractivity contribution is 6.04. The summed E-state index contributed by atoms with van der Waals surface area (Å²) in [5.74, 6) is 0.265. The molecule has 0 spiro atoms. The van der Waals surface area contributed by atoms with E-state index in [0.717, 1.165) is 31.2 Å². The fourth-order valence-corrected chi connectivity index (χ4v) is 3.64. The summed E-state index contributed by atoms with van der Waals surface area (Å²) in [5, 5.41) is 14.2. The van der Waals surface area contributed by atoms with E-state index >= 15 is 0 Å². The monoisotopic (exact) mass is 392 g/mol. The Morgan fingerprint density at radius 1 is 1.14 bits per heavy atom. The van der Waals surface area contributed by atoms with Crippen molar-refractivity contribution in [3.05, 3.63) is 60.0 Å². The molecule has 2 N–H and O–H groups in total. The first-order chi connectivity index (χ1) is 14.1. The van der Waals surface area contributed by atoms with Crippen molar-refractivity contribution in [2.24, 2.45) is 13.0 Å². The summed E-state index contributed by atoms with van der Waals surface area (Å²) in [6.07, 6.45) is 7.65. The van der Waals surface area contributed by atoms with Crippen LogP contribution in [0.3, 0.4) is 0 Å². The number of nitrogens with one attached hydrogen (secondary N) is 2. The fraction of sp³-hybridized carbons (Fsp3) is 0.333. The Hall–Kier alpha value is -3.42. The molecule has 4 rings (SSSR count). The lowest BCUT2D eigenvalue weighted by molar-refractivity contribution is -0.119. The van der Waals surface area contributed by atoms with E-state index in [1.54, 1.807) is 19.3 Å². The number of benzene rings is 1. The molecule has 2 aromatic heterocycles. The van der Waals surface area contributed by atoms with Gasteiger partial charge < -0.3 is 10.6 Å². The fourth-order valence-electron chi connectivity index (χ4n) is 3.64. The molecule has 1 fully saturated rings. The van der Waals surface area contributed by atoms with Crippen molar-refractivity contribution in [3.8, 4) is 0 Å². The molecule has 0 unspecified atom stereocenters. The van der Waals surface area contributed by atoms with Gasteiger partial charge in [0.1, 0.15) is 5.82 Å². The number of anilines is 2. The minimum atomic E-state index is -0.321. The largest absolute Gasteiger partial charge is 0.321 e. The Morgan fingerprint density at radius 3 is 2.72 bits per heavy atom. The molecule has 0 radical (unpaired) electrons. The van der Waals surface area contributed by atoms with E-state index < -0.39 is 0 Å². The van der Waals surface area contributed by atoms with Crippen LogP contribution in [-0.4, -0.2) is 31.4 Å². The minimum absolute atomic E-state index is 0.00350. The van der Waals surface area contributed by atoms with Gasteiger partial charge in [0.2, 0.25) is 5.91 Å². The van der Waals surface area contributed by atoms with E-state index in [0.29, 0.717) is 18.1 Å². The summed E-state index contributed by atoms with van der Waals surface area (Å²) in [4.78, 5) is 25.0. The second-order valence-corrected chi connectivity index (χ2v) is 7.37. The number of nitrogens with zero attached hydrogens (tertiary/aromatic N) is 4. The van der Waals surface area contributed by atoms with E-state index in [1.807, 2.05) is 41.2 Å². The van der Waals surface area contributed by atoms with Gasteiger partial charge in [-0.15, -0.1) is 0 Å². The topological polar surface area (TPSA) is 93.8 Å². The molecular weight excluding hydrogens is 368 g/mol. The molecule has 150 valence electrons. The van der Waals surface area contributed by atoms with Crippen LogP contribution >= 0.6 is 0 Å². The van der Waals surface area contributed by atoms with Crippen molar-refractivity contribution in [2.75, 3.05) is 10.6 Å². The number of amides is 2. The summed E-state index contributed by atoms with van der Waals surface area (Å²) in [7, 11) is 1.71. The van der Waals surface area contributed by atoms with E-state index in [-0.39, 0.29) is 23.4 Å². The summed E-state index contributed by atoms with van der Waals surface area (Å²) >= 11 is 0. The van der Waals surface area contributed by atoms with Crippen LogP contribution in [-0.2, 0) is 18.4 Å². The Morgan fingerprint density at radius 2 is 1.97 bits per heavy atom. The van der Waals surface area contributed by atoms with Crippen LogP contribution in [0.4, 0.5) is 11.5 Å². The van der Waals surface area contributed by atoms with E-state index in [4.69, 9.17) is 0 Å². The van der Waals surface area contributed by atoms with Crippen molar-refractivity contribution in [2.45, 2.75) is 32.2 Å². The normalized spacial score (nSPS) is 14.1. The quantitative estimate of drug-likeness (QED) is 0.674. The number of hydrogen-bond acceptors (Lipinski definition) is 4. The molecule has 1 saturated carbocycles. The SMILES string of the molecule is Cn1nc(C(=O)Nc2cccc(Cn3cccn3)c2)cc1NC(=O)C1CCCC1. The maximum atomic E-state index is 12.6. The minimum Gasteiger partial charge on any atom is -0.321 e. The summed E-state index contributed by atoms with van der Waals surface area (Å²) in [6, 6.07) is 11.1. The van der Waals surface area contributed by atoms with Crippen LogP contribution < -0.4 is 10.6 Å². The molecule has 1 aliphatic carbocycles. The number of carbonyl (C=O) groups is 2.